The topological polar surface area (TPSA) is 108 Å². The number of carbonyl (C=O) groups is 3. The number of hydroxylamine groups is 2. The number of fused-ring (bicyclic) bond motifs is 1. The quantitative estimate of drug-likeness (QED) is 0.472. The normalized spacial score (nSPS) is 17.2. The number of hydrogen-bond acceptors (Lipinski definition) is 5. The zero-order valence-corrected chi connectivity index (χ0v) is 12.7. The van der Waals surface area contributed by atoms with Crippen LogP contribution in [-0.4, -0.2) is 38.6 Å². The Morgan fingerprint density at radius 1 is 1.26 bits per heavy atom. The lowest BCUT2D eigenvalue weighted by Crippen LogP contribution is -2.26. The first-order chi connectivity index (χ1) is 10.9. The fourth-order valence-corrected chi connectivity index (χ4v) is 2.62. The van der Waals surface area contributed by atoms with Gasteiger partial charge in [-0.3, -0.25) is 24.6 Å². The van der Waals surface area contributed by atoms with E-state index in [2.05, 4.69) is 4.98 Å². The van der Waals surface area contributed by atoms with Crippen LogP contribution >= 0.6 is 0 Å². The molecule has 1 saturated heterocycles. The van der Waals surface area contributed by atoms with E-state index in [1.165, 1.54) is 0 Å². The first-order valence-electron chi connectivity index (χ1n) is 6.90. The Labute approximate surface area is 132 Å². The van der Waals surface area contributed by atoms with Gasteiger partial charge in [0.1, 0.15) is 0 Å². The van der Waals surface area contributed by atoms with Crippen LogP contribution in [0.4, 0.5) is 0 Å². The first-order valence-corrected chi connectivity index (χ1v) is 6.90. The van der Waals surface area contributed by atoms with E-state index in [1.54, 1.807) is 0 Å². The third kappa shape index (κ3) is 3.19. The van der Waals surface area contributed by atoms with Crippen molar-refractivity contribution in [3.05, 3.63) is 41.1 Å². The molecule has 2 heterocycles. The molecule has 0 spiro atoms. The minimum atomic E-state index is -0.634. The molecule has 1 fully saturated rings. The van der Waals surface area contributed by atoms with Gasteiger partial charge in [-0.1, -0.05) is 11.6 Å². The van der Waals surface area contributed by atoms with Crippen LogP contribution in [0.5, 0.6) is 0 Å². The van der Waals surface area contributed by atoms with Crippen LogP contribution in [0.1, 0.15) is 29.2 Å². The third-order valence-corrected chi connectivity index (χ3v) is 3.70. The molecule has 2 amide bonds. The van der Waals surface area contributed by atoms with Gasteiger partial charge in [-0.05, 0) is 37.6 Å². The standard InChI is InChI=1S/C15H14N2O3.CH2O2/c1-8-3-4-13-10(5-8)6-11(9(2)16-13)12-7-14(18)17(20)15(12)19;2-1-3/h3-6,12,20H,7H2,1-2H3;1H,(H,2,3). The fraction of sp³-hybridized carbons (Fsp3) is 0.250. The average molecular weight is 316 g/mol. The zero-order chi connectivity index (χ0) is 17.1. The molecule has 1 unspecified atom stereocenters. The van der Waals surface area contributed by atoms with Gasteiger partial charge in [0, 0.05) is 17.5 Å². The molecule has 2 N–H and O–H groups in total. The summed E-state index contributed by atoms with van der Waals surface area (Å²) < 4.78 is 0. The second-order valence-corrected chi connectivity index (χ2v) is 5.27. The largest absolute Gasteiger partial charge is 0.483 e. The lowest BCUT2D eigenvalue weighted by Gasteiger charge is -2.12. The van der Waals surface area contributed by atoms with Crippen LogP contribution in [0.2, 0.25) is 0 Å². The van der Waals surface area contributed by atoms with Crippen LogP contribution in [0.15, 0.2) is 24.3 Å². The first kappa shape index (κ1) is 16.6. The van der Waals surface area contributed by atoms with Gasteiger partial charge in [0.15, 0.2) is 0 Å². The highest BCUT2D eigenvalue weighted by atomic mass is 16.5. The maximum atomic E-state index is 11.9. The van der Waals surface area contributed by atoms with E-state index in [-0.39, 0.29) is 18.0 Å². The lowest BCUT2D eigenvalue weighted by atomic mass is 9.94. The summed E-state index contributed by atoms with van der Waals surface area (Å²) >= 11 is 0. The van der Waals surface area contributed by atoms with Crippen molar-refractivity contribution in [1.29, 1.82) is 0 Å². The molecule has 1 aromatic heterocycles. The Morgan fingerprint density at radius 2 is 1.91 bits per heavy atom. The fourth-order valence-electron chi connectivity index (χ4n) is 2.62. The number of carboxylic acid groups (broad SMARTS) is 1. The lowest BCUT2D eigenvalue weighted by molar-refractivity contribution is -0.171. The molecule has 7 heteroatoms. The summed E-state index contributed by atoms with van der Waals surface area (Å²) in [6.07, 6.45) is -0.00479. The predicted molar refractivity (Wildman–Crippen MR) is 80.9 cm³/mol. The number of amides is 2. The van der Waals surface area contributed by atoms with Gasteiger partial charge in [0.25, 0.3) is 18.3 Å². The minimum absolute atomic E-state index is 0.00479. The Balaban J connectivity index is 0.000000595. The summed E-state index contributed by atoms with van der Waals surface area (Å²) in [5, 5.41) is 17.4. The third-order valence-electron chi connectivity index (χ3n) is 3.70. The van der Waals surface area contributed by atoms with Crippen molar-refractivity contribution in [3.63, 3.8) is 0 Å². The summed E-state index contributed by atoms with van der Waals surface area (Å²) in [7, 11) is 0. The molecule has 1 atom stereocenters. The molecule has 7 nitrogen and oxygen atoms in total. The maximum absolute atomic E-state index is 11.9. The van der Waals surface area contributed by atoms with E-state index >= 15 is 0 Å². The van der Waals surface area contributed by atoms with Crippen molar-refractivity contribution >= 4 is 29.2 Å². The highest BCUT2D eigenvalue weighted by Crippen LogP contribution is 2.32. The molecule has 120 valence electrons. The molecule has 23 heavy (non-hydrogen) atoms. The summed E-state index contributed by atoms with van der Waals surface area (Å²) in [5.74, 6) is -1.78. The van der Waals surface area contributed by atoms with Crippen LogP contribution in [0.3, 0.4) is 0 Å². The molecular formula is C16H16N2O5. The number of imide groups is 1. The molecule has 0 aliphatic carbocycles. The van der Waals surface area contributed by atoms with Crippen molar-refractivity contribution in [1.82, 2.24) is 10.0 Å². The Morgan fingerprint density at radius 3 is 2.48 bits per heavy atom. The van der Waals surface area contributed by atoms with Crippen molar-refractivity contribution in [2.24, 2.45) is 0 Å². The van der Waals surface area contributed by atoms with Crippen molar-refractivity contribution in [2.45, 2.75) is 26.2 Å². The predicted octanol–water partition coefficient (Wildman–Crippen LogP) is 1.78. The van der Waals surface area contributed by atoms with Crippen LogP contribution < -0.4 is 0 Å². The number of carbonyl (C=O) groups excluding carboxylic acids is 2. The molecule has 0 saturated carbocycles. The number of pyridine rings is 1. The second-order valence-electron chi connectivity index (χ2n) is 5.27. The van der Waals surface area contributed by atoms with Crippen molar-refractivity contribution < 1.29 is 24.7 Å². The second kappa shape index (κ2) is 6.53. The van der Waals surface area contributed by atoms with Crippen LogP contribution in [0.25, 0.3) is 10.9 Å². The molecule has 3 rings (SSSR count). The Kier molecular flexibility index (Phi) is 4.71. The number of benzene rings is 1. The molecule has 0 bridgehead atoms. The van der Waals surface area contributed by atoms with Gasteiger partial charge >= 0.3 is 0 Å². The number of hydrogen-bond donors (Lipinski definition) is 2. The SMILES string of the molecule is Cc1ccc2nc(C)c(C3CC(=O)N(O)C3=O)cc2c1.O=CO. The molecule has 1 aliphatic heterocycles. The van der Waals surface area contributed by atoms with E-state index in [1.807, 2.05) is 38.1 Å². The van der Waals surface area contributed by atoms with Gasteiger partial charge < -0.3 is 5.11 Å². The number of aromatic nitrogens is 1. The molecular weight excluding hydrogens is 300 g/mol. The number of rotatable bonds is 1. The van der Waals surface area contributed by atoms with Crippen molar-refractivity contribution in [3.8, 4) is 0 Å². The zero-order valence-electron chi connectivity index (χ0n) is 12.7. The maximum Gasteiger partial charge on any atom is 0.290 e. The van der Waals surface area contributed by atoms with Crippen LogP contribution in [0, 0.1) is 13.8 Å². The molecule has 2 aromatic rings. The number of nitrogens with zero attached hydrogens (tertiary/aromatic N) is 2. The van der Waals surface area contributed by atoms with E-state index in [0.717, 1.165) is 16.5 Å². The highest BCUT2D eigenvalue weighted by molar-refractivity contribution is 6.05. The smallest absolute Gasteiger partial charge is 0.290 e. The molecule has 1 aromatic carbocycles. The molecule has 1 aliphatic rings. The molecule has 0 radical (unpaired) electrons. The number of aryl methyl sites for hydroxylation is 2. The summed E-state index contributed by atoms with van der Waals surface area (Å²) in [4.78, 5) is 36.2. The minimum Gasteiger partial charge on any atom is -0.483 e. The Hall–Kier alpha value is -2.80. The van der Waals surface area contributed by atoms with E-state index < -0.39 is 17.7 Å². The van der Waals surface area contributed by atoms with Gasteiger partial charge in [-0.15, -0.1) is 0 Å². The van der Waals surface area contributed by atoms with Crippen LogP contribution in [-0.2, 0) is 14.4 Å². The van der Waals surface area contributed by atoms with Gasteiger partial charge in [-0.25, -0.2) is 0 Å². The summed E-state index contributed by atoms with van der Waals surface area (Å²) in [6.45, 7) is 3.55. The van der Waals surface area contributed by atoms with E-state index in [9.17, 15) is 14.8 Å². The summed E-state index contributed by atoms with van der Waals surface area (Å²) in [6, 6.07) is 7.79. The van der Waals surface area contributed by atoms with E-state index in [0.29, 0.717) is 11.3 Å². The van der Waals surface area contributed by atoms with Gasteiger partial charge in [0.2, 0.25) is 0 Å². The van der Waals surface area contributed by atoms with Crippen molar-refractivity contribution in [2.75, 3.05) is 0 Å². The average Bonchev–Trinajstić information content (AvgIpc) is 2.75. The van der Waals surface area contributed by atoms with E-state index in [4.69, 9.17) is 9.90 Å². The monoisotopic (exact) mass is 316 g/mol. The Bertz CT molecular complexity index is 787. The highest BCUT2D eigenvalue weighted by Gasteiger charge is 2.40. The summed E-state index contributed by atoms with van der Waals surface area (Å²) in [5.41, 5.74) is 3.38. The van der Waals surface area contributed by atoms with Gasteiger partial charge in [0.05, 0.1) is 11.4 Å². The van der Waals surface area contributed by atoms with Gasteiger partial charge in [-0.2, -0.15) is 5.06 Å².